The third kappa shape index (κ3) is 8.29. The SMILES string of the molecule is CC(C)(C)[Si](C)(C)OC[C@@]12CC[C@@](CO[Si](C)(C)C(C)(C)C)(C[C@@H](C(/C=C\CN)=C/CC3=CCCCC3)C1)O2. The van der Waals surface area contributed by atoms with Crippen LogP contribution in [0.3, 0.4) is 0 Å². The van der Waals surface area contributed by atoms with E-state index in [9.17, 15) is 0 Å². The Bertz CT molecular complexity index is 878. The summed E-state index contributed by atoms with van der Waals surface area (Å²) < 4.78 is 20.9. The van der Waals surface area contributed by atoms with Gasteiger partial charge in [-0.3, -0.25) is 0 Å². The molecule has 2 bridgehead atoms. The molecule has 1 aliphatic carbocycles. The number of fused-ring (bicyclic) bond motifs is 2. The van der Waals surface area contributed by atoms with Crippen LogP contribution in [-0.4, -0.2) is 47.6 Å². The van der Waals surface area contributed by atoms with Crippen LogP contribution >= 0.6 is 0 Å². The van der Waals surface area contributed by atoms with Crippen molar-refractivity contribution in [2.45, 2.75) is 147 Å². The van der Waals surface area contributed by atoms with E-state index < -0.39 is 16.6 Å². The molecular weight excluding hydrogens is 515 g/mol. The summed E-state index contributed by atoms with van der Waals surface area (Å²) in [6.07, 6.45) is 19.8. The van der Waals surface area contributed by atoms with Crippen molar-refractivity contribution in [3.63, 3.8) is 0 Å². The summed E-state index contributed by atoms with van der Waals surface area (Å²) in [6, 6.07) is 0. The zero-order valence-corrected chi connectivity index (χ0v) is 29.2. The van der Waals surface area contributed by atoms with Gasteiger partial charge in [0.2, 0.25) is 0 Å². The van der Waals surface area contributed by atoms with Crippen LogP contribution in [0, 0.1) is 5.92 Å². The van der Waals surface area contributed by atoms with Crippen molar-refractivity contribution >= 4 is 16.6 Å². The highest BCUT2D eigenvalue weighted by Gasteiger charge is 2.57. The van der Waals surface area contributed by atoms with Crippen LogP contribution in [-0.2, 0) is 13.6 Å². The highest BCUT2D eigenvalue weighted by atomic mass is 28.4. The molecule has 3 atom stereocenters. The van der Waals surface area contributed by atoms with Gasteiger partial charge in [-0.05, 0) is 106 Å². The van der Waals surface area contributed by atoms with Crippen LogP contribution < -0.4 is 5.73 Å². The first-order chi connectivity index (χ1) is 17.9. The molecular formula is C33H61NO3Si2. The minimum atomic E-state index is -1.90. The molecule has 0 aromatic heterocycles. The molecule has 0 saturated carbocycles. The Balaban J connectivity index is 1.91. The Labute approximate surface area is 243 Å². The van der Waals surface area contributed by atoms with Crippen LogP contribution in [0.25, 0.3) is 0 Å². The number of nitrogens with two attached hydrogens (primary N) is 1. The maximum Gasteiger partial charge on any atom is 0.192 e. The first-order valence-corrected chi connectivity index (χ1v) is 21.5. The molecule has 0 aromatic rings. The Morgan fingerprint density at radius 3 is 1.92 bits per heavy atom. The Morgan fingerprint density at radius 1 is 0.949 bits per heavy atom. The zero-order valence-electron chi connectivity index (χ0n) is 27.2. The summed E-state index contributed by atoms with van der Waals surface area (Å²) in [4.78, 5) is 0. The molecule has 2 N–H and O–H groups in total. The molecule has 2 aliphatic heterocycles. The predicted octanol–water partition coefficient (Wildman–Crippen LogP) is 9.06. The van der Waals surface area contributed by atoms with Gasteiger partial charge in [0.25, 0.3) is 0 Å². The third-order valence-electron chi connectivity index (χ3n) is 10.6. The molecule has 2 fully saturated rings. The lowest BCUT2D eigenvalue weighted by molar-refractivity contribution is -0.178. The molecule has 2 heterocycles. The van der Waals surface area contributed by atoms with Gasteiger partial charge < -0.3 is 19.3 Å². The molecule has 39 heavy (non-hydrogen) atoms. The van der Waals surface area contributed by atoms with Gasteiger partial charge in [-0.15, -0.1) is 0 Å². The summed E-state index contributed by atoms with van der Waals surface area (Å²) in [6.45, 7) is 25.4. The average molecular weight is 576 g/mol. The van der Waals surface area contributed by atoms with Gasteiger partial charge in [0.05, 0.1) is 24.4 Å². The van der Waals surface area contributed by atoms with Gasteiger partial charge >= 0.3 is 0 Å². The summed E-state index contributed by atoms with van der Waals surface area (Å²) in [5.41, 5.74) is 8.51. The second-order valence-electron chi connectivity index (χ2n) is 15.8. The fourth-order valence-corrected chi connectivity index (χ4v) is 7.92. The van der Waals surface area contributed by atoms with E-state index in [1.807, 2.05) is 0 Å². The molecule has 0 spiro atoms. The Hall–Kier alpha value is -0.506. The van der Waals surface area contributed by atoms with Crippen molar-refractivity contribution in [1.82, 2.24) is 0 Å². The van der Waals surface area contributed by atoms with E-state index in [1.165, 1.54) is 31.3 Å². The van der Waals surface area contributed by atoms with Crippen LogP contribution in [0.2, 0.25) is 36.3 Å². The number of hydrogen-bond donors (Lipinski definition) is 1. The number of allylic oxidation sites excluding steroid dienone is 5. The first-order valence-electron chi connectivity index (χ1n) is 15.7. The second kappa shape index (κ2) is 12.4. The molecule has 6 heteroatoms. The van der Waals surface area contributed by atoms with E-state index in [2.05, 4.69) is 92.0 Å². The maximum atomic E-state index is 7.18. The normalized spacial score (nSPS) is 29.3. The van der Waals surface area contributed by atoms with Gasteiger partial charge in [-0.2, -0.15) is 0 Å². The zero-order chi connectivity index (χ0) is 29.2. The van der Waals surface area contributed by atoms with E-state index in [0.717, 1.165) is 32.1 Å². The lowest BCUT2D eigenvalue weighted by atomic mass is 9.78. The summed E-state index contributed by atoms with van der Waals surface area (Å²) in [5.74, 6) is 0.430. The van der Waals surface area contributed by atoms with Crippen LogP contribution in [0.1, 0.15) is 99.3 Å². The van der Waals surface area contributed by atoms with Gasteiger partial charge in [-0.1, -0.05) is 71.4 Å². The van der Waals surface area contributed by atoms with E-state index in [4.69, 9.17) is 19.3 Å². The fourth-order valence-electron chi connectivity index (χ4n) is 5.80. The van der Waals surface area contributed by atoms with Crippen molar-refractivity contribution in [3.8, 4) is 0 Å². The molecule has 2 saturated heterocycles. The lowest BCUT2D eigenvalue weighted by Crippen LogP contribution is -2.53. The van der Waals surface area contributed by atoms with Gasteiger partial charge in [0, 0.05) is 6.54 Å². The summed E-state index contributed by atoms with van der Waals surface area (Å²) in [7, 11) is -3.79. The summed E-state index contributed by atoms with van der Waals surface area (Å²) >= 11 is 0. The molecule has 0 radical (unpaired) electrons. The second-order valence-corrected chi connectivity index (χ2v) is 25.4. The number of rotatable bonds is 11. The van der Waals surface area contributed by atoms with Crippen molar-refractivity contribution in [2.24, 2.45) is 11.7 Å². The van der Waals surface area contributed by atoms with E-state index in [1.54, 1.807) is 5.57 Å². The predicted molar refractivity (Wildman–Crippen MR) is 172 cm³/mol. The molecule has 3 aliphatic rings. The highest BCUT2D eigenvalue weighted by Crippen LogP contribution is 2.54. The standard InChI is InChI=1S/C33H61NO3Si2/c1-30(2,3)38(7,8)35-25-32-20-21-33(37-32,26-36-39(9,10)31(4,5)6)24-29(23-32)28(17-14-22-34)19-18-27-15-12-11-13-16-27/h14-15,17,19,29H,11-13,16,18,20-26,34H2,1-10H3/b17-14-,28-19+/t29-,32+,33-. The smallest absolute Gasteiger partial charge is 0.192 e. The van der Waals surface area contributed by atoms with E-state index >= 15 is 0 Å². The number of ether oxygens (including phenoxy) is 1. The summed E-state index contributed by atoms with van der Waals surface area (Å²) in [5, 5.41) is 0.364. The van der Waals surface area contributed by atoms with Crippen molar-refractivity contribution in [1.29, 1.82) is 0 Å². The largest absolute Gasteiger partial charge is 0.414 e. The van der Waals surface area contributed by atoms with Crippen molar-refractivity contribution in [2.75, 3.05) is 19.8 Å². The molecule has 0 aromatic carbocycles. The van der Waals surface area contributed by atoms with Gasteiger partial charge in [0.1, 0.15) is 0 Å². The average Bonchev–Trinajstić information content (AvgIpc) is 3.12. The van der Waals surface area contributed by atoms with Gasteiger partial charge in [-0.25, -0.2) is 0 Å². The molecule has 4 nitrogen and oxygen atoms in total. The van der Waals surface area contributed by atoms with Crippen LogP contribution in [0.15, 0.2) is 35.5 Å². The molecule has 0 unspecified atom stereocenters. The molecule has 3 rings (SSSR count). The van der Waals surface area contributed by atoms with Crippen molar-refractivity contribution in [3.05, 3.63) is 35.5 Å². The first kappa shape index (κ1) is 33.0. The van der Waals surface area contributed by atoms with E-state index in [-0.39, 0.29) is 21.3 Å². The molecule has 224 valence electrons. The van der Waals surface area contributed by atoms with Crippen molar-refractivity contribution < 1.29 is 13.6 Å². The topological polar surface area (TPSA) is 53.7 Å². The fraction of sp³-hybridized carbons (Fsp3) is 0.818. The third-order valence-corrected chi connectivity index (χ3v) is 19.6. The quantitative estimate of drug-likeness (QED) is 0.152. The monoisotopic (exact) mass is 575 g/mol. The molecule has 0 amide bonds. The number of hydrogen-bond acceptors (Lipinski definition) is 4. The maximum absolute atomic E-state index is 7.18. The van der Waals surface area contributed by atoms with Gasteiger partial charge in [0.15, 0.2) is 16.6 Å². The lowest BCUT2D eigenvalue weighted by Gasteiger charge is -2.48. The Morgan fingerprint density at radius 2 is 1.49 bits per heavy atom. The van der Waals surface area contributed by atoms with Crippen LogP contribution in [0.4, 0.5) is 0 Å². The van der Waals surface area contributed by atoms with E-state index in [0.29, 0.717) is 25.7 Å². The van der Waals surface area contributed by atoms with Crippen LogP contribution in [0.5, 0.6) is 0 Å². The minimum Gasteiger partial charge on any atom is -0.414 e. The highest BCUT2D eigenvalue weighted by molar-refractivity contribution is 6.74. The minimum absolute atomic E-state index is 0.182. The Kier molecular flexibility index (Phi) is 10.5.